The summed E-state index contributed by atoms with van der Waals surface area (Å²) >= 11 is 0. The first-order chi connectivity index (χ1) is 14.0. The second-order valence-corrected chi connectivity index (χ2v) is 6.41. The van der Waals surface area contributed by atoms with Crippen LogP contribution in [0.4, 0.5) is 5.69 Å². The summed E-state index contributed by atoms with van der Waals surface area (Å²) in [6.45, 7) is 0. The van der Waals surface area contributed by atoms with Gasteiger partial charge in [0.2, 0.25) is 5.78 Å². The number of imidazole rings is 1. The normalized spacial score (nSPS) is 10.8. The van der Waals surface area contributed by atoms with Crippen molar-refractivity contribution >= 4 is 23.0 Å². The van der Waals surface area contributed by atoms with Crippen LogP contribution in [0.3, 0.4) is 0 Å². The minimum absolute atomic E-state index is 0.0964. The lowest BCUT2D eigenvalue weighted by molar-refractivity contribution is 0.0698. The number of nitrogen functional groups attached to an aromatic ring is 1. The van der Waals surface area contributed by atoms with Crippen LogP contribution in [0.2, 0.25) is 0 Å². The number of ether oxygens (including phenoxy) is 1. The first-order valence-electron chi connectivity index (χ1n) is 8.78. The van der Waals surface area contributed by atoms with E-state index < -0.39 is 11.8 Å². The van der Waals surface area contributed by atoms with Crippen molar-refractivity contribution in [1.82, 2.24) is 9.38 Å². The third kappa shape index (κ3) is 3.19. The number of nitrogens with two attached hydrogens (primary N) is 1. The molecule has 0 aliphatic carbocycles. The van der Waals surface area contributed by atoms with Gasteiger partial charge in [-0.2, -0.15) is 0 Å². The smallest absolute Gasteiger partial charge is 0.337 e. The highest BCUT2D eigenvalue weighted by Crippen LogP contribution is 2.29. The number of aromatic nitrogens is 2. The topological polar surface area (TPSA) is 107 Å². The van der Waals surface area contributed by atoms with Crippen molar-refractivity contribution in [1.29, 1.82) is 0 Å². The van der Waals surface area contributed by atoms with Crippen LogP contribution in [-0.2, 0) is 0 Å². The molecule has 7 heteroatoms. The molecule has 2 aromatic heterocycles. The third-order valence-corrected chi connectivity index (χ3v) is 4.64. The van der Waals surface area contributed by atoms with Crippen LogP contribution in [-0.4, -0.2) is 33.4 Å². The SMILES string of the molecule is COc1cccc(-c2nc(C(=O)c3ccc(N)c(C(=O)O)c3)n3ccccc23)c1. The number of rotatable bonds is 5. The van der Waals surface area contributed by atoms with Crippen molar-refractivity contribution in [3.8, 4) is 17.0 Å². The predicted octanol–water partition coefficient (Wildman–Crippen LogP) is 3.52. The maximum Gasteiger partial charge on any atom is 0.337 e. The van der Waals surface area contributed by atoms with Crippen LogP contribution in [0.1, 0.15) is 26.5 Å². The average Bonchev–Trinajstić information content (AvgIpc) is 3.13. The Morgan fingerprint density at radius 3 is 2.66 bits per heavy atom. The summed E-state index contributed by atoms with van der Waals surface area (Å²) in [7, 11) is 1.58. The molecule has 2 aromatic carbocycles. The monoisotopic (exact) mass is 387 g/mol. The summed E-state index contributed by atoms with van der Waals surface area (Å²) < 4.78 is 6.98. The molecule has 29 heavy (non-hydrogen) atoms. The van der Waals surface area contributed by atoms with E-state index in [4.69, 9.17) is 10.5 Å². The second-order valence-electron chi connectivity index (χ2n) is 6.41. The van der Waals surface area contributed by atoms with Crippen LogP contribution >= 0.6 is 0 Å². The molecule has 0 aliphatic rings. The lowest BCUT2D eigenvalue weighted by Crippen LogP contribution is -2.10. The number of nitrogens with zero attached hydrogens (tertiary/aromatic N) is 2. The number of methoxy groups -OCH3 is 1. The van der Waals surface area contributed by atoms with Gasteiger partial charge < -0.3 is 15.6 Å². The van der Waals surface area contributed by atoms with Gasteiger partial charge in [0.05, 0.1) is 23.9 Å². The number of anilines is 1. The Morgan fingerprint density at radius 2 is 1.90 bits per heavy atom. The molecule has 0 spiro atoms. The molecule has 144 valence electrons. The van der Waals surface area contributed by atoms with E-state index in [1.54, 1.807) is 23.8 Å². The first-order valence-corrected chi connectivity index (χ1v) is 8.78. The van der Waals surface area contributed by atoms with Crippen LogP contribution < -0.4 is 10.5 Å². The van der Waals surface area contributed by atoms with E-state index in [9.17, 15) is 14.7 Å². The summed E-state index contributed by atoms with van der Waals surface area (Å²) in [5.74, 6) is -0.735. The Labute approximate surface area is 166 Å². The van der Waals surface area contributed by atoms with Gasteiger partial charge in [0.25, 0.3) is 0 Å². The molecule has 2 heterocycles. The maximum absolute atomic E-state index is 13.2. The second kappa shape index (κ2) is 7.12. The van der Waals surface area contributed by atoms with Crippen molar-refractivity contribution < 1.29 is 19.4 Å². The molecular weight excluding hydrogens is 370 g/mol. The molecule has 7 nitrogen and oxygen atoms in total. The minimum atomic E-state index is -1.19. The summed E-state index contributed by atoms with van der Waals surface area (Å²) in [5, 5.41) is 9.29. The standard InChI is InChI=1S/C22H17N3O4/c1-29-15-6-4-5-13(11-15)19-18-7-2-3-10-25(18)21(24-19)20(26)14-8-9-17(23)16(12-14)22(27)28/h2-12H,23H2,1H3,(H,27,28). The quantitative estimate of drug-likeness (QED) is 0.401. The summed E-state index contributed by atoms with van der Waals surface area (Å²) in [6.07, 6.45) is 1.74. The summed E-state index contributed by atoms with van der Waals surface area (Å²) in [6, 6.07) is 17.1. The van der Waals surface area contributed by atoms with Gasteiger partial charge in [0, 0.05) is 23.0 Å². The van der Waals surface area contributed by atoms with Crippen molar-refractivity contribution in [3.05, 3.63) is 83.8 Å². The maximum atomic E-state index is 13.2. The average molecular weight is 387 g/mol. The van der Waals surface area contributed by atoms with Crippen molar-refractivity contribution in [2.75, 3.05) is 12.8 Å². The molecule has 0 saturated carbocycles. The Balaban J connectivity index is 1.88. The van der Waals surface area contributed by atoms with Crippen molar-refractivity contribution in [2.45, 2.75) is 0 Å². The minimum Gasteiger partial charge on any atom is -0.497 e. The lowest BCUT2D eigenvalue weighted by Gasteiger charge is -2.04. The molecule has 0 fully saturated rings. The fourth-order valence-corrected chi connectivity index (χ4v) is 3.19. The highest BCUT2D eigenvalue weighted by molar-refractivity contribution is 6.09. The molecule has 0 aliphatic heterocycles. The molecular formula is C22H17N3O4. The van der Waals surface area contributed by atoms with E-state index in [1.165, 1.54) is 18.2 Å². The zero-order valence-electron chi connectivity index (χ0n) is 15.5. The number of benzene rings is 2. The summed E-state index contributed by atoms with van der Waals surface area (Å²) in [4.78, 5) is 29.1. The molecule has 0 atom stereocenters. The van der Waals surface area contributed by atoms with Gasteiger partial charge in [0.15, 0.2) is 5.82 Å². The van der Waals surface area contributed by atoms with Gasteiger partial charge in [-0.25, -0.2) is 9.78 Å². The Hall–Kier alpha value is -4.13. The largest absolute Gasteiger partial charge is 0.497 e. The molecule has 4 aromatic rings. The van der Waals surface area contributed by atoms with Crippen LogP contribution in [0.5, 0.6) is 5.75 Å². The highest BCUT2D eigenvalue weighted by atomic mass is 16.5. The van der Waals surface area contributed by atoms with Crippen LogP contribution in [0.15, 0.2) is 66.9 Å². The Morgan fingerprint density at radius 1 is 1.07 bits per heavy atom. The van der Waals surface area contributed by atoms with Crippen molar-refractivity contribution in [3.63, 3.8) is 0 Å². The molecule has 0 unspecified atom stereocenters. The van der Waals surface area contributed by atoms with Crippen LogP contribution in [0, 0.1) is 0 Å². The summed E-state index contributed by atoms with van der Waals surface area (Å²) in [5.41, 5.74) is 8.05. The zero-order chi connectivity index (χ0) is 20.5. The number of aromatic carboxylic acids is 1. The van der Waals surface area contributed by atoms with E-state index >= 15 is 0 Å². The van der Waals surface area contributed by atoms with E-state index in [1.807, 2.05) is 36.4 Å². The van der Waals surface area contributed by atoms with Crippen molar-refractivity contribution in [2.24, 2.45) is 0 Å². The van der Waals surface area contributed by atoms with Crippen LogP contribution in [0.25, 0.3) is 16.8 Å². The molecule has 0 radical (unpaired) electrons. The van der Waals surface area contributed by atoms with E-state index in [-0.39, 0.29) is 22.6 Å². The van der Waals surface area contributed by atoms with Gasteiger partial charge in [-0.05, 0) is 42.5 Å². The number of carbonyl (C=O) groups excluding carboxylic acids is 1. The van der Waals surface area contributed by atoms with Gasteiger partial charge in [-0.1, -0.05) is 18.2 Å². The number of hydrogen-bond donors (Lipinski definition) is 2. The van der Waals surface area contributed by atoms with E-state index in [0.29, 0.717) is 11.4 Å². The molecule has 0 amide bonds. The fourth-order valence-electron chi connectivity index (χ4n) is 3.19. The van der Waals surface area contributed by atoms with E-state index in [0.717, 1.165) is 11.1 Å². The number of pyridine rings is 1. The van der Waals surface area contributed by atoms with Gasteiger partial charge in [0.1, 0.15) is 5.75 Å². The number of ketones is 1. The number of carboxylic acid groups (broad SMARTS) is 1. The Bertz CT molecular complexity index is 1260. The molecule has 0 saturated heterocycles. The molecule has 3 N–H and O–H groups in total. The zero-order valence-corrected chi connectivity index (χ0v) is 15.5. The number of carbonyl (C=O) groups is 2. The predicted molar refractivity (Wildman–Crippen MR) is 108 cm³/mol. The third-order valence-electron chi connectivity index (χ3n) is 4.64. The van der Waals surface area contributed by atoms with E-state index in [2.05, 4.69) is 4.98 Å². The number of carboxylic acids is 1. The lowest BCUT2D eigenvalue weighted by atomic mass is 10.1. The number of hydrogen-bond acceptors (Lipinski definition) is 5. The molecule has 4 rings (SSSR count). The molecule has 0 bridgehead atoms. The Kier molecular flexibility index (Phi) is 4.48. The fraction of sp³-hybridized carbons (Fsp3) is 0.0455. The van der Waals surface area contributed by atoms with Gasteiger partial charge in [-0.3, -0.25) is 9.20 Å². The van der Waals surface area contributed by atoms with Gasteiger partial charge in [-0.15, -0.1) is 0 Å². The first kappa shape index (κ1) is 18.2. The van der Waals surface area contributed by atoms with Gasteiger partial charge >= 0.3 is 5.97 Å². The highest BCUT2D eigenvalue weighted by Gasteiger charge is 2.21. The number of fused-ring (bicyclic) bond motifs is 1.